The molecule has 15 atom stereocenters. The number of hydrogen-bond donors (Lipinski definition) is 9. The van der Waals surface area contributed by atoms with Gasteiger partial charge in [-0.1, -0.05) is 0 Å². The maximum atomic E-state index is 13.0. The lowest BCUT2D eigenvalue weighted by atomic mass is 9.98. The summed E-state index contributed by atoms with van der Waals surface area (Å²) in [5.41, 5.74) is 0. The molecule has 0 aliphatic carbocycles. The number of halogens is 1. The first-order valence-corrected chi connectivity index (χ1v) is 10.9. The highest BCUT2D eigenvalue weighted by Crippen LogP contribution is 2.27. The Hall–Kier alpha value is -0.670. The van der Waals surface area contributed by atoms with E-state index in [1.54, 1.807) is 0 Å². The largest absolute Gasteiger partial charge is 0.387 e. The Morgan fingerprint density at radius 3 is 1.26 bits per heavy atom. The van der Waals surface area contributed by atoms with E-state index in [1.807, 2.05) is 0 Å². The molecule has 0 bridgehead atoms. The summed E-state index contributed by atoms with van der Waals surface area (Å²) in [7, 11) is 1.20. The zero-order chi connectivity index (χ0) is 26.0. The molecule has 0 aromatic carbocycles. The van der Waals surface area contributed by atoms with Gasteiger partial charge >= 0.3 is 0 Å². The molecule has 0 saturated carbocycles. The number of aliphatic hydroxyl groups excluding tert-OH is 9. The van der Waals surface area contributed by atoms with Crippen molar-refractivity contribution in [3.8, 4) is 0 Å². The summed E-state index contributed by atoms with van der Waals surface area (Å²) in [6.07, 6.45) is -23.8. The van der Waals surface area contributed by atoms with Crippen LogP contribution in [0.5, 0.6) is 0 Å². The molecule has 3 aliphatic rings. The van der Waals surface area contributed by atoms with Crippen LogP contribution in [0.4, 0.5) is 4.39 Å². The maximum Gasteiger partial charge on any atom is 0.186 e. The van der Waals surface area contributed by atoms with E-state index >= 15 is 0 Å². The standard InChI is InChI=1S/C19H33FO15/c1-30-17-14(27)12(25)9(22)6(34-17)3-32-19-16(29)13(26)10(23)7(35-19)4-31-18-15(28)11(24)8(21)5(2-20)33-18/h5-19,21-29H,2-4H2,1H3/t5-,6-,7-,8-,9-,10-,11+,12+,13+,14-,15-,16-,17+,18+,19+/m1/s1. The van der Waals surface area contributed by atoms with Gasteiger partial charge in [0.1, 0.15) is 79.9 Å². The molecule has 0 amide bonds. The van der Waals surface area contributed by atoms with Crippen LogP contribution in [0.1, 0.15) is 0 Å². The molecule has 3 fully saturated rings. The van der Waals surface area contributed by atoms with Crippen LogP contribution in [0.15, 0.2) is 0 Å². The summed E-state index contributed by atoms with van der Waals surface area (Å²) in [5.74, 6) is 0. The molecule has 0 spiro atoms. The van der Waals surface area contributed by atoms with Crippen LogP contribution in [0.3, 0.4) is 0 Å². The van der Waals surface area contributed by atoms with Crippen LogP contribution in [0.2, 0.25) is 0 Å². The Balaban J connectivity index is 1.59. The second kappa shape index (κ2) is 12.2. The van der Waals surface area contributed by atoms with Gasteiger partial charge in [-0.25, -0.2) is 4.39 Å². The lowest BCUT2D eigenvalue weighted by Crippen LogP contribution is -2.62. The van der Waals surface area contributed by atoms with Crippen molar-refractivity contribution in [2.75, 3.05) is 27.0 Å². The first-order valence-electron chi connectivity index (χ1n) is 10.9. The third-order valence-corrected chi connectivity index (χ3v) is 6.24. The SMILES string of the molecule is CO[C@H]1O[C@H](CO[C@H]2O[C@H](CO[C@H]3O[C@H](CF)[C@@H](O)[C@H](O)[C@H]3O)[C@@H](O)[C@H](O)[C@H]2O)[C@@H](O)[C@H](O)[C@H]1O. The van der Waals surface area contributed by atoms with E-state index in [4.69, 9.17) is 28.4 Å². The minimum Gasteiger partial charge on any atom is -0.387 e. The van der Waals surface area contributed by atoms with Gasteiger partial charge in [0, 0.05) is 7.11 Å². The van der Waals surface area contributed by atoms with Crippen molar-refractivity contribution < 1.29 is 78.8 Å². The quantitative estimate of drug-likeness (QED) is 0.145. The van der Waals surface area contributed by atoms with Gasteiger partial charge in [-0.15, -0.1) is 0 Å². The Bertz CT molecular complexity index is 606. The predicted octanol–water partition coefficient (Wildman–Crippen LogP) is -5.94. The number of aliphatic hydroxyl groups is 9. The molecule has 0 radical (unpaired) electrons. The number of methoxy groups -OCH3 is 1. The van der Waals surface area contributed by atoms with Gasteiger partial charge in [-0.3, -0.25) is 0 Å². The van der Waals surface area contributed by atoms with Crippen molar-refractivity contribution in [1.82, 2.24) is 0 Å². The fourth-order valence-electron chi connectivity index (χ4n) is 4.00. The topological polar surface area (TPSA) is 237 Å². The Kier molecular flexibility index (Phi) is 10.1. The molecule has 35 heavy (non-hydrogen) atoms. The highest BCUT2D eigenvalue weighted by atomic mass is 19.1. The number of alkyl halides is 1. The monoisotopic (exact) mass is 520 g/mol. The summed E-state index contributed by atoms with van der Waals surface area (Å²) in [6.45, 7) is -2.28. The van der Waals surface area contributed by atoms with E-state index in [-0.39, 0.29) is 0 Å². The van der Waals surface area contributed by atoms with E-state index in [9.17, 15) is 50.3 Å². The van der Waals surface area contributed by atoms with E-state index in [2.05, 4.69) is 0 Å². The van der Waals surface area contributed by atoms with Crippen molar-refractivity contribution >= 4 is 0 Å². The Morgan fingerprint density at radius 1 is 0.514 bits per heavy atom. The van der Waals surface area contributed by atoms with Gasteiger partial charge in [-0.2, -0.15) is 0 Å². The van der Waals surface area contributed by atoms with E-state index in [0.717, 1.165) is 0 Å². The van der Waals surface area contributed by atoms with Crippen molar-refractivity contribution in [2.24, 2.45) is 0 Å². The van der Waals surface area contributed by atoms with E-state index in [0.29, 0.717) is 0 Å². The lowest BCUT2D eigenvalue weighted by Gasteiger charge is -2.43. The van der Waals surface area contributed by atoms with Crippen molar-refractivity contribution in [2.45, 2.75) is 92.1 Å². The zero-order valence-corrected chi connectivity index (χ0v) is 18.6. The van der Waals surface area contributed by atoms with Crippen molar-refractivity contribution in [3.05, 3.63) is 0 Å². The molecular weight excluding hydrogens is 487 g/mol. The molecule has 3 rings (SSSR count). The summed E-state index contributed by atoms with van der Waals surface area (Å²) in [6, 6.07) is 0. The normalized spacial score (nSPS) is 51.3. The molecule has 3 aliphatic heterocycles. The molecule has 3 saturated heterocycles. The maximum absolute atomic E-state index is 13.0. The molecule has 9 N–H and O–H groups in total. The second-order valence-electron chi connectivity index (χ2n) is 8.60. The summed E-state index contributed by atoms with van der Waals surface area (Å²) >= 11 is 0. The van der Waals surface area contributed by atoms with Crippen molar-refractivity contribution in [1.29, 1.82) is 0 Å². The molecule has 0 aromatic rings. The average Bonchev–Trinajstić information content (AvgIpc) is 2.85. The highest BCUT2D eigenvalue weighted by molar-refractivity contribution is 4.93. The predicted molar refractivity (Wildman–Crippen MR) is 105 cm³/mol. The van der Waals surface area contributed by atoms with Crippen LogP contribution in [0.25, 0.3) is 0 Å². The third kappa shape index (κ3) is 6.08. The fourth-order valence-corrected chi connectivity index (χ4v) is 4.00. The summed E-state index contributed by atoms with van der Waals surface area (Å²) in [5, 5.41) is 90.0. The summed E-state index contributed by atoms with van der Waals surface area (Å²) in [4.78, 5) is 0. The van der Waals surface area contributed by atoms with Crippen LogP contribution in [-0.2, 0) is 28.4 Å². The minimum absolute atomic E-state index is 0.504. The Morgan fingerprint density at radius 2 is 0.857 bits per heavy atom. The van der Waals surface area contributed by atoms with E-state index < -0.39 is 112 Å². The molecule has 15 nitrogen and oxygen atoms in total. The van der Waals surface area contributed by atoms with Crippen LogP contribution >= 0.6 is 0 Å². The van der Waals surface area contributed by atoms with Crippen LogP contribution in [-0.4, -0.2) is 165 Å². The molecule has 206 valence electrons. The Labute approximate surface area is 198 Å². The van der Waals surface area contributed by atoms with Gasteiger partial charge < -0.3 is 74.4 Å². The van der Waals surface area contributed by atoms with E-state index in [1.165, 1.54) is 7.11 Å². The average molecular weight is 520 g/mol. The van der Waals surface area contributed by atoms with Gasteiger partial charge in [0.05, 0.1) is 13.2 Å². The highest BCUT2D eigenvalue weighted by Gasteiger charge is 2.49. The summed E-state index contributed by atoms with van der Waals surface area (Å²) < 4.78 is 44.4. The van der Waals surface area contributed by atoms with Crippen molar-refractivity contribution in [3.63, 3.8) is 0 Å². The van der Waals surface area contributed by atoms with Gasteiger partial charge in [-0.05, 0) is 0 Å². The second-order valence-corrected chi connectivity index (χ2v) is 8.60. The van der Waals surface area contributed by atoms with Gasteiger partial charge in [0.25, 0.3) is 0 Å². The molecule has 0 unspecified atom stereocenters. The lowest BCUT2D eigenvalue weighted by molar-refractivity contribution is -0.340. The first kappa shape index (κ1) is 28.9. The number of rotatable bonds is 8. The molecular formula is C19H33FO15. The van der Waals surface area contributed by atoms with Gasteiger partial charge in [0.15, 0.2) is 18.9 Å². The molecule has 16 heteroatoms. The van der Waals surface area contributed by atoms with Crippen LogP contribution in [0, 0.1) is 0 Å². The van der Waals surface area contributed by atoms with Gasteiger partial charge in [0.2, 0.25) is 0 Å². The molecule has 0 aromatic heterocycles. The fraction of sp³-hybridized carbons (Fsp3) is 1.00. The molecule has 3 heterocycles. The number of ether oxygens (including phenoxy) is 6. The smallest absolute Gasteiger partial charge is 0.186 e. The zero-order valence-electron chi connectivity index (χ0n) is 18.6. The van der Waals surface area contributed by atoms with Crippen LogP contribution < -0.4 is 0 Å². The number of hydrogen-bond acceptors (Lipinski definition) is 15. The minimum atomic E-state index is -1.79. The first-order chi connectivity index (χ1) is 16.5. The third-order valence-electron chi connectivity index (χ3n) is 6.24.